The highest BCUT2D eigenvalue weighted by Crippen LogP contribution is 2.37. The van der Waals surface area contributed by atoms with Gasteiger partial charge in [-0.05, 0) is 61.5 Å². The second-order valence-corrected chi connectivity index (χ2v) is 7.57. The molecular weight excluding hydrogens is 318 g/mol. The van der Waals surface area contributed by atoms with Crippen molar-refractivity contribution in [3.05, 3.63) is 47.8 Å². The fourth-order valence-electron chi connectivity index (χ4n) is 3.95. The van der Waals surface area contributed by atoms with Crippen LogP contribution >= 0.6 is 0 Å². The SMILES string of the molecule is CCCCCc1cnc(-c2ccc([C@H]3CC[C@H](CC#N)CC3)cc2)nc1. The summed E-state index contributed by atoms with van der Waals surface area (Å²) in [6.45, 7) is 2.22. The van der Waals surface area contributed by atoms with Crippen molar-refractivity contribution in [3.63, 3.8) is 0 Å². The number of nitriles is 1. The van der Waals surface area contributed by atoms with Crippen molar-refractivity contribution >= 4 is 0 Å². The summed E-state index contributed by atoms with van der Waals surface area (Å²) in [5.74, 6) is 2.06. The van der Waals surface area contributed by atoms with E-state index < -0.39 is 0 Å². The zero-order valence-corrected chi connectivity index (χ0v) is 15.8. The van der Waals surface area contributed by atoms with Crippen molar-refractivity contribution in [1.29, 1.82) is 5.26 Å². The molecule has 0 bridgehead atoms. The Morgan fingerprint density at radius 1 is 1.00 bits per heavy atom. The van der Waals surface area contributed by atoms with Crippen LogP contribution in [-0.2, 0) is 6.42 Å². The molecular formula is C23H29N3. The molecule has 0 radical (unpaired) electrons. The van der Waals surface area contributed by atoms with Gasteiger partial charge in [0.15, 0.2) is 5.82 Å². The zero-order chi connectivity index (χ0) is 18.2. The predicted octanol–water partition coefficient (Wildman–Crippen LogP) is 6.06. The van der Waals surface area contributed by atoms with Crippen molar-refractivity contribution in [2.45, 2.75) is 70.6 Å². The first-order valence-electron chi connectivity index (χ1n) is 10.1. The largest absolute Gasteiger partial charge is 0.236 e. The third-order valence-electron chi connectivity index (χ3n) is 5.64. The van der Waals surface area contributed by atoms with Gasteiger partial charge in [-0.3, -0.25) is 0 Å². The lowest BCUT2D eigenvalue weighted by molar-refractivity contribution is 0.330. The van der Waals surface area contributed by atoms with Crippen molar-refractivity contribution in [3.8, 4) is 17.5 Å². The van der Waals surface area contributed by atoms with Crippen molar-refractivity contribution in [2.24, 2.45) is 5.92 Å². The van der Waals surface area contributed by atoms with E-state index in [0.717, 1.165) is 24.2 Å². The van der Waals surface area contributed by atoms with Crippen LogP contribution in [0.4, 0.5) is 0 Å². The number of nitrogens with zero attached hydrogens (tertiary/aromatic N) is 3. The number of aryl methyl sites for hydroxylation is 1. The molecule has 0 unspecified atom stereocenters. The van der Waals surface area contributed by atoms with E-state index in [9.17, 15) is 0 Å². The Morgan fingerprint density at radius 3 is 2.31 bits per heavy atom. The van der Waals surface area contributed by atoms with Crippen LogP contribution in [-0.4, -0.2) is 9.97 Å². The van der Waals surface area contributed by atoms with Crippen LogP contribution < -0.4 is 0 Å². The highest BCUT2D eigenvalue weighted by Gasteiger charge is 2.22. The maximum atomic E-state index is 8.85. The third-order valence-corrected chi connectivity index (χ3v) is 5.64. The lowest BCUT2D eigenvalue weighted by atomic mass is 9.78. The quantitative estimate of drug-likeness (QED) is 0.572. The van der Waals surface area contributed by atoms with Gasteiger partial charge in [0.1, 0.15) is 0 Å². The van der Waals surface area contributed by atoms with Crippen LogP contribution in [0.3, 0.4) is 0 Å². The van der Waals surface area contributed by atoms with Gasteiger partial charge in [0.05, 0.1) is 6.07 Å². The average Bonchev–Trinajstić information content (AvgIpc) is 2.70. The highest BCUT2D eigenvalue weighted by molar-refractivity contribution is 5.55. The molecule has 1 aliphatic carbocycles. The number of aromatic nitrogens is 2. The van der Waals surface area contributed by atoms with Gasteiger partial charge in [0.25, 0.3) is 0 Å². The minimum atomic E-state index is 0.611. The van der Waals surface area contributed by atoms with E-state index in [4.69, 9.17) is 5.26 Å². The van der Waals surface area contributed by atoms with Crippen LogP contribution in [0.15, 0.2) is 36.7 Å². The lowest BCUT2D eigenvalue weighted by Gasteiger charge is -2.27. The third kappa shape index (κ3) is 4.91. The van der Waals surface area contributed by atoms with E-state index in [1.165, 1.54) is 56.1 Å². The van der Waals surface area contributed by atoms with Crippen molar-refractivity contribution in [1.82, 2.24) is 9.97 Å². The Labute approximate surface area is 157 Å². The van der Waals surface area contributed by atoms with Crippen LogP contribution in [0.5, 0.6) is 0 Å². The van der Waals surface area contributed by atoms with E-state index in [0.29, 0.717) is 11.8 Å². The Bertz CT molecular complexity index is 705. The van der Waals surface area contributed by atoms with Gasteiger partial charge < -0.3 is 0 Å². The summed E-state index contributed by atoms with van der Waals surface area (Å²) < 4.78 is 0. The molecule has 3 heteroatoms. The van der Waals surface area contributed by atoms with Gasteiger partial charge in [-0.15, -0.1) is 0 Å². The van der Waals surface area contributed by atoms with Crippen molar-refractivity contribution < 1.29 is 0 Å². The van der Waals surface area contributed by atoms with Gasteiger partial charge in [0, 0.05) is 24.4 Å². The average molecular weight is 348 g/mol. The van der Waals surface area contributed by atoms with Crippen LogP contribution in [0.1, 0.15) is 75.3 Å². The molecule has 3 rings (SSSR count). The zero-order valence-electron chi connectivity index (χ0n) is 15.8. The summed E-state index contributed by atoms with van der Waals surface area (Å²) in [4.78, 5) is 9.12. The van der Waals surface area contributed by atoms with Gasteiger partial charge in [-0.2, -0.15) is 5.26 Å². The van der Waals surface area contributed by atoms with E-state index >= 15 is 0 Å². The standard InChI is InChI=1S/C23H29N3/c1-2-3-4-5-19-16-25-23(26-17-19)22-12-10-21(11-13-22)20-8-6-18(7-9-20)14-15-24/h10-13,16-18,20H,2-9,14H2,1H3/t18-,20-. The fraction of sp³-hybridized carbons (Fsp3) is 0.522. The van der Waals surface area contributed by atoms with E-state index in [1.54, 1.807) is 0 Å². The molecule has 3 nitrogen and oxygen atoms in total. The minimum Gasteiger partial charge on any atom is -0.236 e. The summed E-state index contributed by atoms with van der Waals surface area (Å²) in [5, 5.41) is 8.85. The molecule has 26 heavy (non-hydrogen) atoms. The molecule has 1 aromatic carbocycles. The molecule has 1 aliphatic rings. The number of benzene rings is 1. The normalized spacial score (nSPS) is 19.8. The first-order valence-corrected chi connectivity index (χ1v) is 10.1. The monoisotopic (exact) mass is 347 g/mol. The molecule has 0 N–H and O–H groups in total. The Hall–Kier alpha value is -2.21. The molecule has 0 atom stereocenters. The number of hydrogen-bond donors (Lipinski definition) is 0. The van der Waals surface area contributed by atoms with Gasteiger partial charge in [-0.1, -0.05) is 44.0 Å². The van der Waals surface area contributed by atoms with Crippen LogP contribution in [0.2, 0.25) is 0 Å². The summed E-state index contributed by atoms with van der Waals surface area (Å²) in [7, 11) is 0. The summed E-state index contributed by atoms with van der Waals surface area (Å²) in [5.41, 5.74) is 3.74. The number of rotatable bonds is 7. The molecule has 136 valence electrons. The van der Waals surface area contributed by atoms with Crippen LogP contribution in [0, 0.1) is 17.2 Å². The summed E-state index contributed by atoms with van der Waals surface area (Å²) in [6, 6.07) is 11.1. The fourth-order valence-corrected chi connectivity index (χ4v) is 3.95. The lowest BCUT2D eigenvalue weighted by Crippen LogP contribution is -2.12. The second-order valence-electron chi connectivity index (χ2n) is 7.57. The molecule has 1 heterocycles. The van der Waals surface area contributed by atoms with E-state index in [2.05, 4.69) is 47.2 Å². The molecule has 0 aliphatic heterocycles. The molecule has 0 spiro atoms. The maximum Gasteiger partial charge on any atom is 0.159 e. The first kappa shape index (κ1) is 18.6. The predicted molar refractivity (Wildman–Crippen MR) is 106 cm³/mol. The topological polar surface area (TPSA) is 49.6 Å². The minimum absolute atomic E-state index is 0.611. The number of hydrogen-bond acceptors (Lipinski definition) is 3. The molecule has 0 saturated heterocycles. The van der Waals surface area contributed by atoms with Gasteiger partial charge in [-0.25, -0.2) is 9.97 Å². The van der Waals surface area contributed by atoms with Gasteiger partial charge >= 0.3 is 0 Å². The number of unbranched alkanes of at least 4 members (excludes halogenated alkanes) is 2. The van der Waals surface area contributed by atoms with E-state index in [-0.39, 0.29) is 0 Å². The highest BCUT2D eigenvalue weighted by atomic mass is 14.9. The molecule has 2 aromatic rings. The summed E-state index contributed by atoms with van der Waals surface area (Å²) >= 11 is 0. The second kappa shape index (κ2) is 9.48. The van der Waals surface area contributed by atoms with Gasteiger partial charge in [0.2, 0.25) is 0 Å². The van der Waals surface area contributed by atoms with Crippen molar-refractivity contribution in [2.75, 3.05) is 0 Å². The smallest absolute Gasteiger partial charge is 0.159 e. The Morgan fingerprint density at radius 2 is 1.69 bits per heavy atom. The Balaban J connectivity index is 1.58. The summed E-state index contributed by atoms with van der Waals surface area (Å²) in [6.07, 6.45) is 14.2. The molecule has 1 saturated carbocycles. The molecule has 1 aromatic heterocycles. The molecule has 1 fully saturated rings. The Kier molecular flexibility index (Phi) is 6.77. The van der Waals surface area contributed by atoms with E-state index in [1.807, 2.05) is 12.4 Å². The first-order chi connectivity index (χ1) is 12.8. The van der Waals surface area contributed by atoms with Crippen LogP contribution in [0.25, 0.3) is 11.4 Å². The maximum absolute atomic E-state index is 8.85. The molecule has 0 amide bonds.